The molecule has 130 valence electrons. The van der Waals surface area contributed by atoms with Gasteiger partial charge in [0.05, 0.1) is 12.8 Å². The van der Waals surface area contributed by atoms with Crippen LogP contribution >= 0.6 is 11.3 Å². The molecular formula is C14H15F3N4O2S. The molecule has 24 heavy (non-hydrogen) atoms. The number of aliphatic hydroxyl groups is 1. The Balaban J connectivity index is 1.97. The minimum atomic E-state index is -4.54. The van der Waals surface area contributed by atoms with E-state index in [9.17, 15) is 18.3 Å². The molecule has 1 saturated heterocycles. The van der Waals surface area contributed by atoms with E-state index in [2.05, 4.69) is 20.7 Å². The first-order valence-electron chi connectivity index (χ1n) is 7.56. The zero-order chi connectivity index (χ0) is 16.9. The molecule has 6 nitrogen and oxygen atoms in total. The zero-order valence-electron chi connectivity index (χ0n) is 12.5. The van der Waals surface area contributed by atoms with Gasteiger partial charge in [-0.1, -0.05) is 5.21 Å². The molecule has 2 aromatic rings. The van der Waals surface area contributed by atoms with Crippen LogP contribution in [-0.4, -0.2) is 40.2 Å². The molecule has 4 heterocycles. The Bertz CT molecular complexity index is 738. The maximum Gasteiger partial charge on any atom is 0.426 e. The average molecular weight is 361 g/mol. The highest BCUT2D eigenvalue weighted by Gasteiger charge is 2.49. The van der Waals surface area contributed by atoms with Crippen LogP contribution < -0.4 is 5.32 Å². The summed E-state index contributed by atoms with van der Waals surface area (Å²) in [6, 6.07) is 0. The van der Waals surface area contributed by atoms with E-state index in [4.69, 9.17) is 4.74 Å². The lowest BCUT2D eigenvalue weighted by atomic mass is 9.89. The number of aromatic amines is 1. The van der Waals surface area contributed by atoms with Crippen molar-refractivity contribution in [2.24, 2.45) is 0 Å². The van der Waals surface area contributed by atoms with Crippen LogP contribution in [-0.2, 0) is 16.5 Å². The number of alkyl halides is 3. The highest BCUT2D eigenvalue weighted by Crippen LogP contribution is 2.54. The van der Waals surface area contributed by atoms with Gasteiger partial charge in [0.15, 0.2) is 0 Å². The summed E-state index contributed by atoms with van der Waals surface area (Å²) >= 11 is 0.657. The molecule has 0 amide bonds. The molecule has 2 aliphatic heterocycles. The number of aliphatic hydroxyl groups excluding tert-OH is 1. The predicted octanol–water partition coefficient (Wildman–Crippen LogP) is 2.19. The van der Waals surface area contributed by atoms with Crippen LogP contribution in [0.15, 0.2) is 6.20 Å². The van der Waals surface area contributed by atoms with E-state index in [1.54, 1.807) is 0 Å². The number of hydrogen-bond acceptors (Lipinski definition) is 6. The van der Waals surface area contributed by atoms with Crippen molar-refractivity contribution in [2.75, 3.05) is 19.7 Å². The number of rotatable bonds is 1. The molecule has 0 radical (unpaired) electrons. The number of nitrogens with one attached hydrogen (secondary N) is 2. The van der Waals surface area contributed by atoms with Gasteiger partial charge in [0.2, 0.25) is 0 Å². The normalized spacial score (nSPS) is 27.4. The van der Waals surface area contributed by atoms with Crippen LogP contribution in [0.1, 0.15) is 34.3 Å². The van der Waals surface area contributed by atoms with Crippen molar-refractivity contribution in [1.29, 1.82) is 0 Å². The Morgan fingerprint density at radius 3 is 2.71 bits per heavy atom. The molecule has 1 spiro atoms. The fraction of sp³-hybridized carbons (Fsp3) is 0.571. The van der Waals surface area contributed by atoms with E-state index < -0.39 is 22.8 Å². The van der Waals surface area contributed by atoms with Crippen molar-refractivity contribution in [3.8, 4) is 11.3 Å². The van der Waals surface area contributed by atoms with Gasteiger partial charge in [-0.2, -0.15) is 13.2 Å². The molecule has 2 aliphatic rings. The lowest BCUT2D eigenvalue weighted by molar-refractivity contribution is -0.134. The summed E-state index contributed by atoms with van der Waals surface area (Å²) in [6.45, 7) is 1.30. The van der Waals surface area contributed by atoms with Gasteiger partial charge in [0.1, 0.15) is 22.3 Å². The molecule has 3 N–H and O–H groups in total. The molecule has 4 rings (SSSR count). The number of piperidine rings is 1. The summed E-state index contributed by atoms with van der Waals surface area (Å²) < 4.78 is 46.7. The number of nitrogens with zero attached hydrogens (tertiary/aromatic N) is 2. The average Bonchev–Trinajstić information content (AvgIpc) is 3.19. The predicted molar refractivity (Wildman–Crippen MR) is 79.4 cm³/mol. The largest absolute Gasteiger partial charge is 0.426 e. The summed E-state index contributed by atoms with van der Waals surface area (Å²) in [5.41, 5.74) is -0.476. The summed E-state index contributed by atoms with van der Waals surface area (Å²) in [7, 11) is 0. The van der Waals surface area contributed by atoms with Crippen molar-refractivity contribution in [3.63, 3.8) is 0 Å². The van der Waals surface area contributed by atoms with Crippen molar-refractivity contribution in [2.45, 2.75) is 30.7 Å². The third kappa shape index (κ3) is 2.36. The lowest BCUT2D eigenvalue weighted by Crippen LogP contribution is -2.44. The van der Waals surface area contributed by atoms with Gasteiger partial charge < -0.3 is 15.2 Å². The number of halogens is 3. The lowest BCUT2D eigenvalue weighted by Gasteiger charge is -2.41. The smallest absolute Gasteiger partial charge is 0.386 e. The summed E-state index contributed by atoms with van der Waals surface area (Å²) in [5.74, 6) is 0. The van der Waals surface area contributed by atoms with E-state index in [1.807, 2.05) is 0 Å². The van der Waals surface area contributed by atoms with Crippen LogP contribution in [0, 0.1) is 0 Å². The summed E-state index contributed by atoms with van der Waals surface area (Å²) in [4.78, 5) is -0.295. The third-order valence-corrected chi connectivity index (χ3v) is 5.99. The van der Waals surface area contributed by atoms with Crippen LogP contribution in [0.4, 0.5) is 13.2 Å². The second kappa shape index (κ2) is 5.51. The first kappa shape index (κ1) is 16.0. The fourth-order valence-corrected chi connectivity index (χ4v) is 4.90. The zero-order valence-corrected chi connectivity index (χ0v) is 13.3. The topological polar surface area (TPSA) is 83.1 Å². The van der Waals surface area contributed by atoms with E-state index in [0.717, 1.165) is 0 Å². The van der Waals surface area contributed by atoms with Gasteiger partial charge in [0.25, 0.3) is 0 Å². The van der Waals surface area contributed by atoms with Gasteiger partial charge >= 0.3 is 6.18 Å². The number of aromatic nitrogens is 3. The number of fused-ring (bicyclic) bond motifs is 2. The molecule has 10 heteroatoms. The fourth-order valence-electron chi connectivity index (χ4n) is 3.47. The van der Waals surface area contributed by atoms with E-state index in [0.29, 0.717) is 42.1 Å². The van der Waals surface area contributed by atoms with Gasteiger partial charge in [-0.15, -0.1) is 16.4 Å². The minimum Gasteiger partial charge on any atom is -0.386 e. The number of hydrogen-bond donors (Lipinski definition) is 3. The molecule has 0 aliphatic carbocycles. The van der Waals surface area contributed by atoms with E-state index in [1.165, 1.54) is 6.20 Å². The molecule has 0 aromatic carbocycles. The molecule has 2 aromatic heterocycles. The van der Waals surface area contributed by atoms with Gasteiger partial charge in [-0.3, -0.25) is 5.10 Å². The van der Waals surface area contributed by atoms with Crippen LogP contribution in [0.2, 0.25) is 0 Å². The quantitative estimate of drug-likeness (QED) is 0.679. The van der Waals surface area contributed by atoms with E-state index in [-0.39, 0.29) is 23.4 Å². The number of ether oxygens (including phenoxy) is 1. The summed E-state index contributed by atoms with van der Waals surface area (Å²) in [5, 5.41) is 23.3. The van der Waals surface area contributed by atoms with Crippen molar-refractivity contribution in [1.82, 2.24) is 20.7 Å². The van der Waals surface area contributed by atoms with Gasteiger partial charge in [-0.05, 0) is 25.9 Å². The standard InChI is InChI=1S/C14H15F3N4O2S/c15-14(16,17)12-9(7-5-19-21-20-7)10-8(22)6-23-13(11(10)24-12)1-3-18-4-2-13/h5,8,18,22H,1-4,6H2,(H,19,20,21)/i1+1. The Morgan fingerprint density at radius 2 is 2.08 bits per heavy atom. The Morgan fingerprint density at radius 1 is 1.33 bits per heavy atom. The molecule has 1 fully saturated rings. The van der Waals surface area contributed by atoms with Gasteiger partial charge in [0, 0.05) is 16.0 Å². The van der Waals surface area contributed by atoms with Gasteiger partial charge in [-0.25, -0.2) is 0 Å². The molecule has 0 saturated carbocycles. The van der Waals surface area contributed by atoms with Crippen LogP contribution in [0.5, 0.6) is 0 Å². The molecule has 2 atom stereocenters. The Labute approximate surface area is 139 Å². The first-order chi connectivity index (χ1) is 11.4. The maximum absolute atomic E-state index is 13.6. The minimum absolute atomic E-state index is 0.0219. The SMILES string of the molecule is OC1COC2(CCNC[13CH2]2)c2sc(C(F)(F)F)c(-c3c[nH]nn3)c21. The van der Waals surface area contributed by atoms with Crippen LogP contribution in [0.25, 0.3) is 11.3 Å². The Kier molecular flexibility index (Phi) is 3.68. The van der Waals surface area contributed by atoms with Crippen molar-refractivity contribution < 1.29 is 23.0 Å². The highest BCUT2D eigenvalue weighted by atomic mass is 32.1. The molecule has 0 bridgehead atoms. The second-order valence-electron chi connectivity index (χ2n) is 5.98. The first-order valence-corrected chi connectivity index (χ1v) is 8.38. The van der Waals surface area contributed by atoms with Crippen molar-refractivity contribution in [3.05, 3.63) is 21.5 Å². The maximum atomic E-state index is 13.6. The second-order valence-corrected chi connectivity index (χ2v) is 7.00. The molecule has 2 unspecified atom stereocenters. The number of H-pyrrole nitrogens is 1. The van der Waals surface area contributed by atoms with Crippen molar-refractivity contribution >= 4 is 11.3 Å². The monoisotopic (exact) mass is 361 g/mol. The summed E-state index contributed by atoms with van der Waals surface area (Å²) in [6.07, 6.45) is -3.19. The molecular weight excluding hydrogens is 346 g/mol. The third-order valence-electron chi connectivity index (χ3n) is 4.55. The number of thiophene rings is 1. The highest BCUT2D eigenvalue weighted by molar-refractivity contribution is 7.13. The van der Waals surface area contributed by atoms with Crippen LogP contribution in [0.3, 0.4) is 0 Å². The Hall–Kier alpha value is -1.49. The van der Waals surface area contributed by atoms with E-state index >= 15 is 0 Å².